The Morgan fingerprint density at radius 1 is 1.28 bits per heavy atom. The van der Waals surface area contributed by atoms with Crippen molar-refractivity contribution in [3.05, 3.63) is 23.8 Å². The van der Waals surface area contributed by atoms with Crippen LogP contribution >= 0.6 is 0 Å². The normalized spacial score (nSPS) is 24.4. The molecule has 2 aliphatic rings. The highest BCUT2D eigenvalue weighted by Crippen LogP contribution is 2.30. The Morgan fingerprint density at radius 2 is 2.06 bits per heavy atom. The maximum atomic E-state index is 12.1. The summed E-state index contributed by atoms with van der Waals surface area (Å²) < 4.78 is 0. The molecule has 1 aromatic rings. The fraction of sp³-hybridized carbons (Fsp3) is 0.462. The third-order valence-electron chi connectivity index (χ3n) is 3.73. The molecule has 1 saturated heterocycles. The Kier molecular flexibility index (Phi) is 2.93. The topological polar surface area (TPSA) is 68.2 Å². The van der Waals surface area contributed by atoms with Gasteiger partial charge in [-0.15, -0.1) is 0 Å². The predicted molar refractivity (Wildman–Crippen MR) is 69.8 cm³/mol. The monoisotopic (exact) mass is 245 g/mol. The molecular weight excluding hydrogens is 228 g/mol. The molecule has 95 valence electrons. The number of hydrogen-bond acceptors (Lipinski definition) is 3. The van der Waals surface area contributed by atoms with Crippen LogP contribution < -0.4 is 16.4 Å². The first-order chi connectivity index (χ1) is 8.75. The molecule has 5 heteroatoms. The molecule has 0 aliphatic carbocycles. The van der Waals surface area contributed by atoms with Crippen molar-refractivity contribution in [2.45, 2.75) is 12.5 Å². The number of piperazine rings is 1. The van der Waals surface area contributed by atoms with E-state index < -0.39 is 0 Å². The first-order valence-electron chi connectivity index (χ1n) is 6.35. The van der Waals surface area contributed by atoms with E-state index in [-0.39, 0.29) is 11.9 Å². The van der Waals surface area contributed by atoms with Gasteiger partial charge in [-0.1, -0.05) is 6.07 Å². The molecular formula is C13H17N4O. The SMILES string of the molecule is [NH]c1cccc2c1CC(N1CCNCC1)C(=O)N2. The smallest absolute Gasteiger partial charge is 0.242 e. The number of anilines is 1. The third kappa shape index (κ3) is 1.95. The van der Waals surface area contributed by atoms with E-state index in [1.54, 1.807) is 6.07 Å². The number of nitrogens with one attached hydrogen (secondary N) is 3. The van der Waals surface area contributed by atoms with Gasteiger partial charge in [0.25, 0.3) is 0 Å². The molecule has 1 amide bonds. The van der Waals surface area contributed by atoms with Crippen LogP contribution in [0, 0.1) is 0 Å². The lowest BCUT2D eigenvalue weighted by Gasteiger charge is -2.36. The molecule has 5 nitrogen and oxygen atoms in total. The van der Waals surface area contributed by atoms with Crippen molar-refractivity contribution in [2.24, 2.45) is 0 Å². The molecule has 0 saturated carbocycles. The minimum Gasteiger partial charge on any atom is -0.324 e. The fourth-order valence-corrected chi connectivity index (χ4v) is 2.71. The highest BCUT2D eigenvalue weighted by atomic mass is 16.2. The van der Waals surface area contributed by atoms with E-state index in [2.05, 4.69) is 15.5 Å². The van der Waals surface area contributed by atoms with Crippen LogP contribution in [0.15, 0.2) is 18.2 Å². The summed E-state index contributed by atoms with van der Waals surface area (Å²) in [6.07, 6.45) is 0.654. The average molecular weight is 245 g/mol. The van der Waals surface area contributed by atoms with Crippen molar-refractivity contribution in [3.8, 4) is 0 Å². The number of hydrogen-bond donors (Lipinski definition) is 2. The van der Waals surface area contributed by atoms with Gasteiger partial charge >= 0.3 is 0 Å². The molecule has 1 unspecified atom stereocenters. The van der Waals surface area contributed by atoms with Crippen molar-refractivity contribution in [2.75, 3.05) is 31.5 Å². The van der Waals surface area contributed by atoms with Crippen molar-refractivity contribution in [3.63, 3.8) is 0 Å². The highest BCUT2D eigenvalue weighted by molar-refractivity contribution is 5.99. The van der Waals surface area contributed by atoms with Gasteiger partial charge in [0.2, 0.25) is 5.91 Å². The van der Waals surface area contributed by atoms with Crippen LogP contribution in [0.25, 0.3) is 0 Å². The molecule has 3 N–H and O–H groups in total. The van der Waals surface area contributed by atoms with Crippen LogP contribution in [-0.2, 0) is 11.2 Å². The molecule has 1 radical (unpaired) electrons. The van der Waals surface area contributed by atoms with Crippen LogP contribution in [0.5, 0.6) is 0 Å². The second-order valence-corrected chi connectivity index (χ2v) is 4.83. The van der Waals surface area contributed by atoms with E-state index in [0.29, 0.717) is 12.1 Å². The lowest BCUT2D eigenvalue weighted by atomic mass is 9.96. The van der Waals surface area contributed by atoms with E-state index in [4.69, 9.17) is 5.73 Å². The van der Waals surface area contributed by atoms with Gasteiger partial charge in [-0.05, 0) is 12.1 Å². The Hall–Kier alpha value is -1.59. The van der Waals surface area contributed by atoms with E-state index in [9.17, 15) is 4.79 Å². The van der Waals surface area contributed by atoms with E-state index in [0.717, 1.165) is 37.4 Å². The summed E-state index contributed by atoms with van der Waals surface area (Å²) in [5, 5.41) is 6.22. The summed E-state index contributed by atoms with van der Waals surface area (Å²) in [4.78, 5) is 14.3. The predicted octanol–water partition coefficient (Wildman–Crippen LogP) is 0.369. The van der Waals surface area contributed by atoms with Gasteiger partial charge in [-0.25, -0.2) is 0 Å². The maximum absolute atomic E-state index is 12.1. The van der Waals surface area contributed by atoms with Gasteiger partial charge in [0.1, 0.15) is 0 Å². The quantitative estimate of drug-likeness (QED) is 0.751. The van der Waals surface area contributed by atoms with Crippen molar-refractivity contribution < 1.29 is 4.79 Å². The summed E-state index contributed by atoms with van der Waals surface area (Å²) in [6.45, 7) is 3.65. The molecule has 3 rings (SSSR count). The molecule has 0 aromatic heterocycles. The number of benzene rings is 1. The third-order valence-corrected chi connectivity index (χ3v) is 3.73. The summed E-state index contributed by atoms with van der Waals surface area (Å²) in [5.74, 6) is 0.0648. The minimum atomic E-state index is -0.119. The molecule has 2 heterocycles. The Balaban J connectivity index is 1.86. The van der Waals surface area contributed by atoms with Gasteiger partial charge in [-0.2, -0.15) is 0 Å². The number of carbonyl (C=O) groups excluding carboxylic acids is 1. The van der Waals surface area contributed by atoms with Crippen LogP contribution in [-0.4, -0.2) is 43.0 Å². The lowest BCUT2D eigenvalue weighted by molar-refractivity contribution is -0.121. The lowest BCUT2D eigenvalue weighted by Crippen LogP contribution is -2.54. The number of nitrogens with zero attached hydrogens (tertiary/aromatic N) is 1. The fourth-order valence-electron chi connectivity index (χ4n) is 2.71. The van der Waals surface area contributed by atoms with Gasteiger partial charge < -0.3 is 16.4 Å². The highest BCUT2D eigenvalue weighted by Gasteiger charge is 2.32. The van der Waals surface area contributed by atoms with Crippen molar-refractivity contribution in [1.29, 1.82) is 0 Å². The van der Waals surface area contributed by atoms with Crippen molar-refractivity contribution >= 4 is 17.3 Å². The Morgan fingerprint density at radius 3 is 2.83 bits per heavy atom. The second kappa shape index (κ2) is 4.59. The summed E-state index contributed by atoms with van der Waals surface area (Å²) in [7, 11) is 0. The van der Waals surface area contributed by atoms with E-state index in [1.807, 2.05) is 12.1 Å². The Labute approximate surface area is 106 Å². The van der Waals surface area contributed by atoms with Crippen LogP contribution in [0.1, 0.15) is 5.56 Å². The zero-order valence-electron chi connectivity index (χ0n) is 10.2. The number of amides is 1. The standard InChI is InChI=1S/C13H17N4O/c14-10-2-1-3-11-9(10)8-12(13(18)16-11)17-6-4-15-5-7-17/h1-3,12,14-15H,4-8H2,(H,16,18). The average Bonchev–Trinajstić information content (AvgIpc) is 2.39. The molecule has 1 aromatic carbocycles. The summed E-state index contributed by atoms with van der Waals surface area (Å²) in [6, 6.07) is 5.35. The molecule has 18 heavy (non-hydrogen) atoms. The molecule has 0 spiro atoms. The zero-order valence-corrected chi connectivity index (χ0v) is 10.2. The first kappa shape index (κ1) is 11.5. The van der Waals surface area contributed by atoms with E-state index in [1.165, 1.54) is 0 Å². The molecule has 2 aliphatic heterocycles. The number of fused-ring (bicyclic) bond motifs is 1. The van der Waals surface area contributed by atoms with Gasteiger partial charge in [0.15, 0.2) is 0 Å². The van der Waals surface area contributed by atoms with Crippen molar-refractivity contribution in [1.82, 2.24) is 16.0 Å². The van der Waals surface area contributed by atoms with Crippen LogP contribution in [0.2, 0.25) is 0 Å². The van der Waals surface area contributed by atoms with Gasteiger partial charge in [0, 0.05) is 43.9 Å². The number of carbonyl (C=O) groups is 1. The van der Waals surface area contributed by atoms with Crippen LogP contribution in [0.4, 0.5) is 11.4 Å². The van der Waals surface area contributed by atoms with Gasteiger partial charge in [-0.3, -0.25) is 9.69 Å². The zero-order chi connectivity index (χ0) is 12.5. The second-order valence-electron chi connectivity index (χ2n) is 4.83. The summed E-state index contributed by atoms with van der Waals surface area (Å²) in [5.41, 5.74) is 10.2. The number of rotatable bonds is 1. The minimum absolute atomic E-state index is 0.0648. The maximum Gasteiger partial charge on any atom is 0.242 e. The first-order valence-corrected chi connectivity index (χ1v) is 6.35. The molecule has 1 atom stereocenters. The van der Waals surface area contributed by atoms with E-state index >= 15 is 0 Å². The largest absolute Gasteiger partial charge is 0.324 e. The molecule has 0 bridgehead atoms. The summed E-state index contributed by atoms with van der Waals surface area (Å²) >= 11 is 0. The Bertz CT molecular complexity index is 468. The molecule has 1 fully saturated rings. The van der Waals surface area contributed by atoms with Crippen LogP contribution in [0.3, 0.4) is 0 Å². The van der Waals surface area contributed by atoms with Gasteiger partial charge in [0.05, 0.1) is 11.7 Å².